The number of hydrogen-bond donors (Lipinski definition) is 2. The highest BCUT2D eigenvalue weighted by molar-refractivity contribution is 5.79. The van der Waals surface area contributed by atoms with E-state index in [0.717, 1.165) is 30.0 Å². The number of likely N-dealkylation sites (tertiary alicyclic amines) is 1. The highest BCUT2D eigenvalue weighted by Crippen LogP contribution is 2.34. The molecular weight excluding hydrogens is 360 g/mol. The summed E-state index contributed by atoms with van der Waals surface area (Å²) in [5.74, 6) is 2.00. The number of benzene rings is 1. The number of nitrogens with zero attached hydrogens (tertiary/aromatic N) is 2. The summed E-state index contributed by atoms with van der Waals surface area (Å²) in [4.78, 5) is 33.7. The van der Waals surface area contributed by atoms with Gasteiger partial charge in [-0.05, 0) is 38.8 Å². The Bertz CT molecular complexity index is 956. The molecule has 4 rings (SSSR count). The van der Waals surface area contributed by atoms with Gasteiger partial charge in [0.1, 0.15) is 5.82 Å². The molecular formula is C20H24N4O4. The molecule has 3 heterocycles. The van der Waals surface area contributed by atoms with Crippen LogP contribution in [0.2, 0.25) is 0 Å². The third-order valence-corrected chi connectivity index (χ3v) is 5.19. The van der Waals surface area contributed by atoms with Crippen molar-refractivity contribution < 1.29 is 14.3 Å². The maximum absolute atomic E-state index is 12.8. The number of fused-ring (bicyclic) bond motifs is 1. The van der Waals surface area contributed by atoms with Gasteiger partial charge in [0.2, 0.25) is 12.7 Å². The Kier molecular flexibility index (Phi) is 4.93. The van der Waals surface area contributed by atoms with Crippen molar-refractivity contribution in [2.24, 2.45) is 0 Å². The van der Waals surface area contributed by atoms with Gasteiger partial charge in [-0.1, -0.05) is 0 Å². The van der Waals surface area contributed by atoms with Crippen LogP contribution < -0.4 is 20.3 Å². The second-order valence-corrected chi connectivity index (χ2v) is 7.28. The molecule has 0 saturated carbocycles. The Hall–Kier alpha value is -3.03. The van der Waals surface area contributed by atoms with E-state index in [4.69, 9.17) is 9.47 Å². The van der Waals surface area contributed by atoms with Gasteiger partial charge in [0.25, 0.3) is 5.56 Å². The minimum atomic E-state index is -0.231. The molecule has 0 unspecified atom stereocenters. The van der Waals surface area contributed by atoms with E-state index in [1.807, 2.05) is 23.1 Å². The van der Waals surface area contributed by atoms with Crippen molar-refractivity contribution in [3.05, 3.63) is 45.6 Å². The first-order valence-electron chi connectivity index (χ1n) is 9.50. The van der Waals surface area contributed by atoms with Gasteiger partial charge in [0.05, 0.1) is 6.42 Å². The lowest BCUT2D eigenvalue weighted by Crippen LogP contribution is -2.46. The molecule has 2 aliphatic rings. The molecule has 8 nitrogen and oxygen atoms in total. The zero-order valence-electron chi connectivity index (χ0n) is 16.1. The number of anilines is 1. The second kappa shape index (κ2) is 7.53. The minimum Gasteiger partial charge on any atom is -0.454 e. The van der Waals surface area contributed by atoms with Gasteiger partial charge < -0.3 is 24.7 Å². The number of aryl methyl sites for hydroxylation is 2. The van der Waals surface area contributed by atoms with E-state index >= 15 is 0 Å². The summed E-state index contributed by atoms with van der Waals surface area (Å²) in [6.45, 7) is 5.05. The summed E-state index contributed by atoms with van der Waals surface area (Å²) in [6.07, 6.45) is 1.96. The number of nitrogens with one attached hydrogen (secondary N) is 2. The quantitative estimate of drug-likeness (QED) is 0.834. The van der Waals surface area contributed by atoms with Crippen LogP contribution in [0, 0.1) is 13.8 Å². The van der Waals surface area contributed by atoms with E-state index in [9.17, 15) is 9.59 Å². The molecule has 2 aromatic rings. The van der Waals surface area contributed by atoms with Crippen LogP contribution in [0.3, 0.4) is 0 Å². The number of carbonyl (C=O) groups is 1. The average molecular weight is 384 g/mol. The van der Waals surface area contributed by atoms with Gasteiger partial charge >= 0.3 is 0 Å². The first-order valence-corrected chi connectivity index (χ1v) is 9.50. The molecule has 1 amide bonds. The summed E-state index contributed by atoms with van der Waals surface area (Å²) < 4.78 is 10.8. The Labute approximate surface area is 162 Å². The van der Waals surface area contributed by atoms with E-state index in [-0.39, 0.29) is 30.7 Å². The molecule has 0 spiro atoms. The molecule has 0 bridgehead atoms. The number of hydrogen-bond acceptors (Lipinski definition) is 6. The van der Waals surface area contributed by atoms with E-state index in [1.165, 1.54) is 0 Å². The van der Waals surface area contributed by atoms with Crippen LogP contribution in [0.5, 0.6) is 11.5 Å². The van der Waals surface area contributed by atoms with Crippen LogP contribution in [0.15, 0.2) is 23.0 Å². The average Bonchev–Trinajstić information content (AvgIpc) is 3.12. The second-order valence-electron chi connectivity index (χ2n) is 7.28. The van der Waals surface area contributed by atoms with Gasteiger partial charge in [0, 0.05) is 42.1 Å². The maximum Gasteiger partial charge on any atom is 0.254 e. The van der Waals surface area contributed by atoms with Crippen molar-refractivity contribution in [2.45, 2.75) is 39.2 Å². The lowest BCUT2D eigenvalue weighted by Gasteiger charge is -2.34. The monoisotopic (exact) mass is 384 g/mol. The Morgan fingerprint density at radius 3 is 2.96 bits per heavy atom. The molecule has 2 N–H and O–H groups in total. The fourth-order valence-corrected chi connectivity index (χ4v) is 3.77. The topological polar surface area (TPSA) is 96.6 Å². The molecule has 1 aromatic carbocycles. The number of carbonyl (C=O) groups excluding carboxylic acids is 1. The zero-order valence-corrected chi connectivity index (χ0v) is 16.1. The van der Waals surface area contributed by atoms with Crippen molar-refractivity contribution >= 4 is 11.6 Å². The molecule has 0 radical (unpaired) electrons. The standard InChI is InChI=1S/C20H24N4O4/c1-12-16(20(26)22-13(2)21-12)9-19(25)24-7-3-4-15(10-24)23-14-5-6-17-18(8-14)28-11-27-17/h5-6,8,15,23H,3-4,7,9-11H2,1-2H3,(H,21,22,26)/t15-/m0/s1. The summed E-state index contributed by atoms with van der Waals surface area (Å²) >= 11 is 0. The number of amides is 1. The van der Waals surface area contributed by atoms with Gasteiger partial charge in [0.15, 0.2) is 11.5 Å². The van der Waals surface area contributed by atoms with Crippen molar-refractivity contribution in [1.82, 2.24) is 14.9 Å². The highest BCUT2D eigenvalue weighted by Gasteiger charge is 2.25. The Morgan fingerprint density at radius 1 is 1.32 bits per heavy atom. The lowest BCUT2D eigenvalue weighted by molar-refractivity contribution is -0.131. The molecule has 1 saturated heterocycles. The van der Waals surface area contributed by atoms with E-state index in [0.29, 0.717) is 30.2 Å². The summed E-state index contributed by atoms with van der Waals surface area (Å²) in [7, 11) is 0. The summed E-state index contributed by atoms with van der Waals surface area (Å²) in [5, 5.41) is 3.48. The van der Waals surface area contributed by atoms with Crippen LogP contribution in [0.25, 0.3) is 0 Å². The van der Waals surface area contributed by atoms with E-state index in [1.54, 1.807) is 13.8 Å². The normalized spacial score (nSPS) is 18.2. The van der Waals surface area contributed by atoms with Crippen LogP contribution >= 0.6 is 0 Å². The highest BCUT2D eigenvalue weighted by atomic mass is 16.7. The third kappa shape index (κ3) is 3.81. The molecule has 2 aliphatic heterocycles. The van der Waals surface area contributed by atoms with Crippen LogP contribution in [-0.2, 0) is 11.2 Å². The third-order valence-electron chi connectivity index (χ3n) is 5.19. The van der Waals surface area contributed by atoms with Crippen LogP contribution in [0.1, 0.15) is 29.9 Å². The maximum atomic E-state index is 12.8. The zero-order chi connectivity index (χ0) is 19.7. The largest absolute Gasteiger partial charge is 0.454 e. The van der Waals surface area contributed by atoms with Gasteiger partial charge in [-0.3, -0.25) is 9.59 Å². The number of aromatic nitrogens is 2. The fourth-order valence-electron chi connectivity index (χ4n) is 3.77. The number of rotatable bonds is 4. The molecule has 1 fully saturated rings. The predicted molar refractivity (Wildman–Crippen MR) is 104 cm³/mol. The van der Waals surface area contributed by atoms with Crippen LogP contribution in [-0.4, -0.2) is 46.7 Å². The molecule has 1 aromatic heterocycles. The predicted octanol–water partition coefficient (Wildman–Crippen LogP) is 1.76. The van der Waals surface area contributed by atoms with Crippen LogP contribution in [0.4, 0.5) is 5.69 Å². The summed E-state index contributed by atoms with van der Waals surface area (Å²) in [6, 6.07) is 5.91. The smallest absolute Gasteiger partial charge is 0.254 e. The summed E-state index contributed by atoms with van der Waals surface area (Å²) in [5.41, 5.74) is 1.77. The lowest BCUT2D eigenvalue weighted by atomic mass is 10.0. The van der Waals surface area contributed by atoms with Crippen molar-refractivity contribution in [2.75, 3.05) is 25.2 Å². The minimum absolute atomic E-state index is 0.0450. The number of aromatic amines is 1. The Balaban J connectivity index is 1.41. The van der Waals surface area contributed by atoms with Crippen molar-refractivity contribution in [1.29, 1.82) is 0 Å². The first kappa shape index (κ1) is 18.3. The number of H-pyrrole nitrogens is 1. The number of piperidine rings is 1. The van der Waals surface area contributed by atoms with Crippen molar-refractivity contribution in [3.63, 3.8) is 0 Å². The number of ether oxygens (including phenoxy) is 2. The van der Waals surface area contributed by atoms with E-state index in [2.05, 4.69) is 15.3 Å². The molecule has 8 heteroatoms. The van der Waals surface area contributed by atoms with Gasteiger partial charge in [-0.25, -0.2) is 4.98 Å². The van der Waals surface area contributed by atoms with Gasteiger partial charge in [-0.15, -0.1) is 0 Å². The molecule has 148 valence electrons. The van der Waals surface area contributed by atoms with Crippen molar-refractivity contribution in [3.8, 4) is 11.5 Å². The van der Waals surface area contributed by atoms with Gasteiger partial charge in [-0.2, -0.15) is 0 Å². The first-order chi connectivity index (χ1) is 13.5. The van der Waals surface area contributed by atoms with E-state index < -0.39 is 0 Å². The molecule has 0 aliphatic carbocycles. The molecule has 1 atom stereocenters. The SMILES string of the molecule is Cc1nc(C)c(CC(=O)N2CCC[C@H](Nc3ccc4c(c3)OCO4)C2)c(=O)[nH]1. The fraction of sp³-hybridized carbons (Fsp3) is 0.450. The molecule has 28 heavy (non-hydrogen) atoms. The Morgan fingerprint density at radius 2 is 2.14 bits per heavy atom.